The summed E-state index contributed by atoms with van der Waals surface area (Å²) in [5.41, 5.74) is -0.789. The Balaban J connectivity index is 1.90. The van der Waals surface area contributed by atoms with Crippen molar-refractivity contribution in [3.05, 3.63) is 0 Å². The van der Waals surface area contributed by atoms with Gasteiger partial charge in [-0.1, -0.05) is 52.9 Å². The fourth-order valence-electron chi connectivity index (χ4n) is 4.04. The van der Waals surface area contributed by atoms with E-state index < -0.39 is 11.6 Å². The summed E-state index contributed by atoms with van der Waals surface area (Å²) in [5, 5.41) is 5.79. The fourth-order valence-corrected chi connectivity index (χ4v) is 4.04. The number of carbonyl (C=O) groups excluding carboxylic acids is 3. The first-order valence-electron chi connectivity index (χ1n) is 9.85. The second kappa shape index (κ2) is 8.68. The van der Waals surface area contributed by atoms with Crippen LogP contribution in [0.5, 0.6) is 0 Å². The van der Waals surface area contributed by atoms with Crippen molar-refractivity contribution in [3.63, 3.8) is 0 Å². The molecule has 1 aliphatic carbocycles. The quantitative estimate of drug-likeness (QED) is 0.660. The Morgan fingerprint density at radius 3 is 2.76 bits per heavy atom. The van der Waals surface area contributed by atoms with Gasteiger partial charge in [-0.3, -0.25) is 14.5 Å². The van der Waals surface area contributed by atoms with Gasteiger partial charge in [0.25, 0.3) is 5.91 Å². The van der Waals surface area contributed by atoms with Gasteiger partial charge in [0.05, 0.1) is 0 Å². The number of rotatable bonds is 8. The molecule has 0 unspecified atom stereocenters. The molecule has 4 amide bonds. The highest BCUT2D eigenvalue weighted by molar-refractivity contribution is 6.09. The van der Waals surface area contributed by atoms with Crippen molar-refractivity contribution >= 4 is 17.8 Å². The Morgan fingerprint density at radius 2 is 2.12 bits per heavy atom. The predicted molar refractivity (Wildman–Crippen MR) is 96.9 cm³/mol. The summed E-state index contributed by atoms with van der Waals surface area (Å²) >= 11 is 0. The van der Waals surface area contributed by atoms with Gasteiger partial charge in [-0.25, -0.2) is 4.79 Å². The predicted octanol–water partition coefficient (Wildman–Crippen LogP) is 2.82. The molecule has 2 N–H and O–H groups in total. The largest absolute Gasteiger partial charge is 0.354 e. The van der Waals surface area contributed by atoms with Gasteiger partial charge in [0, 0.05) is 6.54 Å². The molecule has 2 aliphatic rings. The monoisotopic (exact) mass is 351 g/mol. The van der Waals surface area contributed by atoms with E-state index in [1.807, 2.05) is 6.92 Å². The van der Waals surface area contributed by atoms with Gasteiger partial charge in [0.1, 0.15) is 12.1 Å². The number of urea groups is 1. The summed E-state index contributed by atoms with van der Waals surface area (Å²) in [5.74, 6) is 0.0952. The van der Waals surface area contributed by atoms with Crippen LogP contribution in [0.25, 0.3) is 0 Å². The Labute approximate surface area is 151 Å². The van der Waals surface area contributed by atoms with Gasteiger partial charge < -0.3 is 10.6 Å². The SMILES string of the molecule is CCCC[C@H](CC)CNC(=O)CN1C(=O)N[C@@]2(CCCC[C@@H]2C)C1=O. The van der Waals surface area contributed by atoms with E-state index in [1.165, 1.54) is 0 Å². The first-order valence-corrected chi connectivity index (χ1v) is 9.85. The summed E-state index contributed by atoms with van der Waals surface area (Å²) in [6.45, 7) is 6.73. The van der Waals surface area contributed by atoms with Crippen molar-refractivity contribution in [2.24, 2.45) is 11.8 Å². The molecule has 2 fully saturated rings. The van der Waals surface area contributed by atoms with Crippen LogP contribution in [0.4, 0.5) is 4.79 Å². The lowest BCUT2D eigenvalue weighted by Gasteiger charge is -2.36. The molecule has 25 heavy (non-hydrogen) atoms. The summed E-state index contributed by atoms with van der Waals surface area (Å²) in [4.78, 5) is 38.5. The minimum absolute atomic E-state index is 0.115. The van der Waals surface area contributed by atoms with Gasteiger partial charge in [-0.2, -0.15) is 0 Å². The Morgan fingerprint density at radius 1 is 1.36 bits per heavy atom. The highest BCUT2D eigenvalue weighted by Gasteiger charge is 2.55. The van der Waals surface area contributed by atoms with E-state index >= 15 is 0 Å². The zero-order valence-electron chi connectivity index (χ0n) is 15.9. The van der Waals surface area contributed by atoms with Crippen molar-refractivity contribution in [2.75, 3.05) is 13.1 Å². The van der Waals surface area contributed by atoms with Crippen LogP contribution in [-0.2, 0) is 9.59 Å². The van der Waals surface area contributed by atoms with Gasteiger partial charge in [0.2, 0.25) is 5.91 Å². The summed E-state index contributed by atoms with van der Waals surface area (Å²) < 4.78 is 0. The third-order valence-corrected chi connectivity index (χ3v) is 5.93. The standard InChI is InChI=1S/C19H33N3O3/c1-4-6-10-15(5-2)12-20-16(23)13-22-17(24)19(21-18(22)25)11-8-7-9-14(19)3/h14-15H,4-13H2,1-3H3,(H,20,23)(H,21,25)/t14-,15-,19+/m0/s1. The molecule has 1 heterocycles. The minimum atomic E-state index is -0.789. The van der Waals surface area contributed by atoms with Crippen molar-refractivity contribution < 1.29 is 14.4 Å². The van der Waals surface area contributed by atoms with Gasteiger partial charge >= 0.3 is 6.03 Å². The Hall–Kier alpha value is -1.59. The third kappa shape index (κ3) is 4.33. The molecule has 1 saturated heterocycles. The zero-order valence-corrected chi connectivity index (χ0v) is 15.9. The first kappa shape index (κ1) is 19.7. The molecule has 1 aliphatic heterocycles. The molecule has 0 aromatic rings. The number of unbranched alkanes of at least 4 members (excludes halogenated alkanes) is 1. The van der Waals surface area contributed by atoms with E-state index in [2.05, 4.69) is 24.5 Å². The lowest BCUT2D eigenvalue weighted by atomic mass is 9.73. The Kier molecular flexibility index (Phi) is 6.85. The second-order valence-corrected chi connectivity index (χ2v) is 7.66. The minimum Gasteiger partial charge on any atom is -0.354 e. The number of hydrogen-bond donors (Lipinski definition) is 2. The van der Waals surface area contributed by atoms with Crippen LogP contribution in [0, 0.1) is 11.8 Å². The van der Waals surface area contributed by atoms with E-state index in [0.29, 0.717) is 18.9 Å². The lowest BCUT2D eigenvalue weighted by molar-refractivity contribution is -0.137. The molecule has 1 spiro atoms. The van der Waals surface area contributed by atoms with E-state index in [9.17, 15) is 14.4 Å². The summed E-state index contributed by atoms with van der Waals surface area (Å²) in [7, 11) is 0. The number of nitrogens with one attached hydrogen (secondary N) is 2. The Bertz CT molecular complexity index is 508. The lowest BCUT2D eigenvalue weighted by Crippen LogP contribution is -2.54. The van der Waals surface area contributed by atoms with Crippen LogP contribution in [-0.4, -0.2) is 41.4 Å². The van der Waals surface area contributed by atoms with E-state index in [1.54, 1.807) is 0 Å². The van der Waals surface area contributed by atoms with E-state index in [-0.39, 0.29) is 24.3 Å². The van der Waals surface area contributed by atoms with E-state index in [0.717, 1.165) is 49.8 Å². The van der Waals surface area contributed by atoms with Crippen molar-refractivity contribution in [3.8, 4) is 0 Å². The van der Waals surface area contributed by atoms with Crippen molar-refractivity contribution in [1.82, 2.24) is 15.5 Å². The number of amides is 4. The number of nitrogens with zero attached hydrogens (tertiary/aromatic N) is 1. The van der Waals surface area contributed by atoms with Crippen LogP contribution in [0.3, 0.4) is 0 Å². The highest BCUT2D eigenvalue weighted by atomic mass is 16.2. The topological polar surface area (TPSA) is 78.5 Å². The number of imide groups is 1. The average Bonchev–Trinajstić information content (AvgIpc) is 2.83. The molecule has 1 saturated carbocycles. The maximum absolute atomic E-state index is 12.8. The van der Waals surface area contributed by atoms with Crippen LogP contribution in [0.15, 0.2) is 0 Å². The van der Waals surface area contributed by atoms with Gasteiger partial charge in [-0.05, 0) is 31.1 Å². The number of carbonyl (C=O) groups is 3. The summed E-state index contributed by atoms with van der Waals surface area (Å²) in [6.07, 6.45) is 8.04. The molecular weight excluding hydrogens is 318 g/mol. The van der Waals surface area contributed by atoms with E-state index in [4.69, 9.17) is 0 Å². The van der Waals surface area contributed by atoms with Crippen LogP contribution in [0.1, 0.15) is 72.1 Å². The molecule has 2 rings (SSSR count). The third-order valence-electron chi connectivity index (χ3n) is 5.93. The molecule has 6 nitrogen and oxygen atoms in total. The molecule has 142 valence electrons. The molecule has 0 aromatic carbocycles. The molecule has 3 atom stereocenters. The van der Waals surface area contributed by atoms with Crippen LogP contribution >= 0.6 is 0 Å². The fraction of sp³-hybridized carbons (Fsp3) is 0.842. The normalized spacial score (nSPS) is 27.5. The van der Waals surface area contributed by atoms with Gasteiger partial charge in [-0.15, -0.1) is 0 Å². The van der Waals surface area contributed by atoms with Crippen LogP contribution in [0.2, 0.25) is 0 Å². The highest BCUT2D eigenvalue weighted by Crippen LogP contribution is 2.38. The maximum atomic E-state index is 12.8. The first-order chi connectivity index (χ1) is 11.9. The average molecular weight is 351 g/mol. The number of hydrogen-bond acceptors (Lipinski definition) is 3. The van der Waals surface area contributed by atoms with Crippen molar-refractivity contribution in [2.45, 2.75) is 77.7 Å². The maximum Gasteiger partial charge on any atom is 0.325 e. The van der Waals surface area contributed by atoms with Gasteiger partial charge in [0.15, 0.2) is 0 Å². The van der Waals surface area contributed by atoms with Crippen LogP contribution < -0.4 is 10.6 Å². The smallest absolute Gasteiger partial charge is 0.325 e. The molecular formula is C19H33N3O3. The molecule has 0 aromatic heterocycles. The zero-order chi connectivity index (χ0) is 18.4. The molecule has 6 heteroatoms. The summed E-state index contributed by atoms with van der Waals surface area (Å²) in [6, 6.07) is -0.424. The van der Waals surface area contributed by atoms with Crippen molar-refractivity contribution in [1.29, 1.82) is 0 Å². The second-order valence-electron chi connectivity index (χ2n) is 7.66. The molecule has 0 bridgehead atoms. The molecule has 0 radical (unpaired) electrons.